The molecule has 2 N–H and O–H groups in total. The summed E-state index contributed by atoms with van der Waals surface area (Å²) in [6.07, 6.45) is 3.50. The molecular formula is C19H22N2O4S2. The van der Waals surface area contributed by atoms with Crippen LogP contribution < -0.4 is 10.6 Å². The van der Waals surface area contributed by atoms with Gasteiger partial charge in [0.25, 0.3) is 5.91 Å². The molecule has 0 saturated heterocycles. The van der Waals surface area contributed by atoms with E-state index in [0.29, 0.717) is 16.1 Å². The highest BCUT2D eigenvalue weighted by atomic mass is 32.2. The van der Waals surface area contributed by atoms with Crippen molar-refractivity contribution in [3.63, 3.8) is 0 Å². The van der Waals surface area contributed by atoms with E-state index < -0.39 is 9.84 Å². The van der Waals surface area contributed by atoms with Gasteiger partial charge in [-0.25, -0.2) is 8.42 Å². The van der Waals surface area contributed by atoms with E-state index >= 15 is 0 Å². The van der Waals surface area contributed by atoms with E-state index in [-0.39, 0.29) is 30.0 Å². The normalized spacial score (nSPS) is 14.8. The third-order valence-electron chi connectivity index (χ3n) is 4.63. The third-order valence-corrected chi connectivity index (χ3v) is 7.59. The highest BCUT2D eigenvalue weighted by Gasteiger charge is 2.30. The Morgan fingerprint density at radius 1 is 1.07 bits per heavy atom. The van der Waals surface area contributed by atoms with E-state index in [1.807, 2.05) is 5.38 Å². The van der Waals surface area contributed by atoms with Crippen molar-refractivity contribution in [3.05, 3.63) is 46.7 Å². The van der Waals surface area contributed by atoms with Crippen LogP contribution in [0.4, 0.5) is 5.69 Å². The highest BCUT2D eigenvalue weighted by molar-refractivity contribution is 7.92. The van der Waals surface area contributed by atoms with Gasteiger partial charge >= 0.3 is 0 Å². The van der Waals surface area contributed by atoms with Crippen molar-refractivity contribution in [3.8, 4) is 0 Å². The number of amides is 2. The summed E-state index contributed by atoms with van der Waals surface area (Å²) in [5.74, 6) is -0.447. The van der Waals surface area contributed by atoms with Crippen molar-refractivity contribution in [1.29, 1.82) is 0 Å². The maximum absolute atomic E-state index is 12.5. The lowest BCUT2D eigenvalue weighted by Gasteiger charge is -2.12. The number of nitrogens with one attached hydrogen (secondary N) is 2. The zero-order valence-corrected chi connectivity index (χ0v) is 16.4. The van der Waals surface area contributed by atoms with Gasteiger partial charge in [-0.3, -0.25) is 9.59 Å². The van der Waals surface area contributed by atoms with Gasteiger partial charge < -0.3 is 10.6 Å². The van der Waals surface area contributed by atoms with Gasteiger partial charge in [-0.1, -0.05) is 12.8 Å². The predicted octanol–water partition coefficient (Wildman–Crippen LogP) is 3.22. The van der Waals surface area contributed by atoms with E-state index in [4.69, 9.17) is 0 Å². The number of thiophene rings is 1. The molecule has 6 nitrogen and oxygen atoms in total. The lowest BCUT2D eigenvalue weighted by Crippen LogP contribution is -2.27. The monoisotopic (exact) mass is 406 g/mol. The minimum atomic E-state index is -3.29. The average molecular weight is 407 g/mol. The van der Waals surface area contributed by atoms with Gasteiger partial charge in [0, 0.05) is 29.6 Å². The molecule has 8 heteroatoms. The van der Waals surface area contributed by atoms with E-state index in [1.165, 1.54) is 11.3 Å². The van der Waals surface area contributed by atoms with Crippen LogP contribution in [0.15, 0.2) is 46.0 Å². The molecule has 1 aromatic heterocycles. The van der Waals surface area contributed by atoms with Gasteiger partial charge in [0.2, 0.25) is 5.91 Å². The first-order chi connectivity index (χ1) is 13.0. The van der Waals surface area contributed by atoms with Gasteiger partial charge in [-0.05, 0) is 48.6 Å². The molecule has 1 aliphatic rings. The molecule has 1 saturated carbocycles. The molecule has 1 aromatic carbocycles. The first-order valence-electron chi connectivity index (χ1n) is 8.91. The number of rotatable bonds is 7. The number of sulfone groups is 1. The molecule has 27 heavy (non-hydrogen) atoms. The Morgan fingerprint density at radius 2 is 1.78 bits per heavy atom. The average Bonchev–Trinajstić information content (AvgIpc) is 3.36. The molecule has 2 amide bonds. The summed E-state index contributed by atoms with van der Waals surface area (Å²) in [4.78, 5) is 24.1. The smallest absolute Gasteiger partial charge is 0.252 e. The van der Waals surface area contributed by atoms with Crippen LogP contribution in [0.25, 0.3) is 0 Å². The molecule has 2 aromatic rings. The standard InChI is InChI=1S/C19H22N2O4S2/c22-18(9-11-20-19(23)14-10-12-26-13-14)21-15-5-7-17(8-6-15)27(24,25)16-3-1-2-4-16/h5-8,10,12-13,16H,1-4,9,11H2,(H,20,23)(H,21,22). The second-order valence-corrected chi connectivity index (χ2v) is 9.55. The van der Waals surface area contributed by atoms with Crippen molar-refractivity contribution >= 4 is 38.7 Å². The summed E-state index contributed by atoms with van der Waals surface area (Å²) in [5.41, 5.74) is 1.12. The molecule has 1 aliphatic carbocycles. The predicted molar refractivity (Wildman–Crippen MR) is 106 cm³/mol. The molecule has 1 fully saturated rings. The molecule has 144 valence electrons. The van der Waals surface area contributed by atoms with Gasteiger partial charge in [-0.2, -0.15) is 11.3 Å². The van der Waals surface area contributed by atoms with Gasteiger partial charge in [0.15, 0.2) is 9.84 Å². The maximum Gasteiger partial charge on any atom is 0.252 e. The van der Waals surface area contributed by atoms with Crippen LogP contribution in [0.3, 0.4) is 0 Å². The van der Waals surface area contributed by atoms with Gasteiger partial charge in [0.05, 0.1) is 10.1 Å². The fraction of sp³-hybridized carbons (Fsp3) is 0.368. The zero-order valence-electron chi connectivity index (χ0n) is 14.8. The van der Waals surface area contributed by atoms with Crippen LogP contribution in [0.1, 0.15) is 42.5 Å². The summed E-state index contributed by atoms with van der Waals surface area (Å²) in [7, 11) is -3.29. The topological polar surface area (TPSA) is 92.3 Å². The van der Waals surface area contributed by atoms with E-state index in [0.717, 1.165) is 25.7 Å². The second kappa shape index (κ2) is 8.67. The lowest BCUT2D eigenvalue weighted by atomic mass is 10.3. The largest absolute Gasteiger partial charge is 0.351 e. The number of carbonyl (C=O) groups excluding carboxylic acids is 2. The second-order valence-electron chi connectivity index (χ2n) is 6.54. The lowest BCUT2D eigenvalue weighted by molar-refractivity contribution is -0.116. The van der Waals surface area contributed by atoms with Crippen molar-refractivity contribution in [1.82, 2.24) is 5.32 Å². The Kier molecular flexibility index (Phi) is 6.28. The Bertz CT molecular complexity index is 884. The maximum atomic E-state index is 12.5. The molecular weight excluding hydrogens is 384 g/mol. The molecule has 0 bridgehead atoms. The van der Waals surface area contributed by atoms with Crippen LogP contribution in [-0.4, -0.2) is 32.0 Å². The number of hydrogen-bond donors (Lipinski definition) is 2. The van der Waals surface area contributed by atoms with Crippen molar-refractivity contribution in [2.45, 2.75) is 42.2 Å². The van der Waals surface area contributed by atoms with Crippen LogP contribution >= 0.6 is 11.3 Å². The molecule has 3 rings (SSSR count). The first-order valence-corrected chi connectivity index (χ1v) is 11.4. The minimum absolute atomic E-state index is 0.137. The quantitative estimate of drug-likeness (QED) is 0.738. The molecule has 0 unspecified atom stereocenters. The van der Waals surface area contributed by atoms with Gasteiger partial charge in [-0.15, -0.1) is 0 Å². The first kappa shape index (κ1) is 19.6. The Balaban J connectivity index is 1.49. The summed E-state index contributed by atoms with van der Waals surface area (Å²) < 4.78 is 25.1. The van der Waals surface area contributed by atoms with E-state index in [1.54, 1.807) is 35.7 Å². The molecule has 0 radical (unpaired) electrons. The highest BCUT2D eigenvalue weighted by Crippen LogP contribution is 2.30. The molecule has 1 heterocycles. The van der Waals surface area contributed by atoms with E-state index in [9.17, 15) is 18.0 Å². The summed E-state index contributed by atoms with van der Waals surface area (Å²) in [6, 6.07) is 8.01. The van der Waals surface area contributed by atoms with Crippen molar-refractivity contribution in [2.75, 3.05) is 11.9 Å². The Labute approximate surface area is 162 Å². The van der Waals surface area contributed by atoms with Crippen molar-refractivity contribution in [2.24, 2.45) is 0 Å². The number of anilines is 1. The molecule has 0 spiro atoms. The van der Waals surface area contributed by atoms with Crippen LogP contribution in [0.5, 0.6) is 0 Å². The summed E-state index contributed by atoms with van der Waals surface area (Å²) in [6.45, 7) is 0.231. The minimum Gasteiger partial charge on any atom is -0.351 e. The van der Waals surface area contributed by atoms with Crippen LogP contribution in [0, 0.1) is 0 Å². The van der Waals surface area contributed by atoms with Crippen LogP contribution in [-0.2, 0) is 14.6 Å². The SMILES string of the molecule is O=C(CCNC(=O)c1ccsc1)Nc1ccc(S(=O)(=O)C2CCCC2)cc1. The number of benzene rings is 1. The Hall–Kier alpha value is -2.19. The molecule has 0 aliphatic heterocycles. The van der Waals surface area contributed by atoms with Gasteiger partial charge in [0.1, 0.15) is 0 Å². The van der Waals surface area contributed by atoms with E-state index in [2.05, 4.69) is 10.6 Å². The fourth-order valence-electron chi connectivity index (χ4n) is 3.13. The summed E-state index contributed by atoms with van der Waals surface area (Å²) in [5, 5.41) is 8.68. The molecule has 0 atom stereocenters. The number of carbonyl (C=O) groups is 2. The number of hydrogen-bond acceptors (Lipinski definition) is 5. The summed E-state index contributed by atoms with van der Waals surface area (Å²) >= 11 is 1.44. The third kappa shape index (κ3) is 4.95. The Morgan fingerprint density at radius 3 is 2.41 bits per heavy atom. The van der Waals surface area contributed by atoms with Crippen molar-refractivity contribution < 1.29 is 18.0 Å². The van der Waals surface area contributed by atoms with Crippen LogP contribution in [0.2, 0.25) is 0 Å². The fourth-order valence-corrected chi connectivity index (χ4v) is 5.62. The zero-order chi connectivity index (χ0) is 19.3.